The Morgan fingerprint density at radius 1 is 0.652 bits per heavy atom. The number of hydrogen-bond acceptors (Lipinski definition) is 15. The standard InChI is InChI=1S/C23H28N4O5.C20H24N4O4.C3H4O2.ClH/c1-30-21-5-3-4-19(12-21)27(14-18-7-6-17(13-24-18)22(28)31-2)23(29)26-10-8-25(9-11-26)20-15-32-16-20;1-27-18-5-3-4-17(12-18)24(20(26)23-10-8-21-9-11-23)14-16-7-6-15(13-22-16)19(25)28-2;4-3-1-5-2-3;/h3-7,12-13,20H,8-11,14-16H2,1-2H3;3-7,12-13,21H,8-11,14H2,1-2H3;1-2H2;1H. The summed E-state index contributed by atoms with van der Waals surface area (Å²) in [6.45, 7) is 8.59. The van der Waals surface area contributed by atoms with Gasteiger partial charge in [0.1, 0.15) is 24.7 Å². The highest BCUT2D eigenvalue weighted by Gasteiger charge is 2.32. The second-order valence-corrected chi connectivity index (χ2v) is 15.2. The summed E-state index contributed by atoms with van der Waals surface area (Å²) in [5.74, 6) is 0.666. The van der Waals surface area contributed by atoms with Crippen LogP contribution in [0.2, 0.25) is 0 Å². The minimum absolute atomic E-state index is 0. The first-order valence-corrected chi connectivity index (χ1v) is 21.2. The van der Waals surface area contributed by atoms with Crippen molar-refractivity contribution in [1.82, 2.24) is 30.0 Å². The number of urea groups is 2. The van der Waals surface area contributed by atoms with Gasteiger partial charge in [0.05, 0.1) is 83.3 Å². The van der Waals surface area contributed by atoms with E-state index in [0.717, 1.165) is 50.8 Å². The van der Waals surface area contributed by atoms with Crippen LogP contribution >= 0.6 is 12.4 Å². The molecule has 0 saturated carbocycles. The van der Waals surface area contributed by atoms with E-state index in [1.807, 2.05) is 58.3 Å². The zero-order chi connectivity index (χ0) is 46.1. The van der Waals surface area contributed by atoms with E-state index in [4.69, 9.17) is 23.7 Å². The van der Waals surface area contributed by atoms with Gasteiger partial charge in [0.15, 0.2) is 5.78 Å². The van der Waals surface area contributed by atoms with E-state index in [1.165, 1.54) is 26.6 Å². The number of hydrogen-bond donors (Lipinski definition) is 1. The number of amides is 4. The molecule has 66 heavy (non-hydrogen) atoms. The zero-order valence-corrected chi connectivity index (χ0v) is 38.4. The Labute approximate surface area is 390 Å². The van der Waals surface area contributed by atoms with E-state index < -0.39 is 11.9 Å². The number of piperazine rings is 2. The maximum atomic E-state index is 13.6. The molecular formula is C46H57ClN8O11. The number of benzene rings is 2. The maximum absolute atomic E-state index is 13.6. The summed E-state index contributed by atoms with van der Waals surface area (Å²) < 4.78 is 29.9. The van der Waals surface area contributed by atoms with Gasteiger partial charge in [-0.3, -0.25) is 29.5 Å². The highest BCUT2D eigenvalue weighted by Crippen LogP contribution is 2.26. The van der Waals surface area contributed by atoms with Gasteiger partial charge in [0.2, 0.25) is 0 Å². The molecule has 2 aromatic heterocycles. The molecule has 1 N–H and O–H groups in total. The summed E-state index contributed by atoms with van der Waals surface area (Å²) in [6.07, 6.45) is 2.93. The number of nitrogens with zero attached hydrogens (tertiary/aromatic N) is 7. The molecule has 4 aliphatic rings. The van der Waals surface area contributed by atoms with Crippen LogP contribution in [-0.4, -0.2) is 168 Å². The molecule has 19 nitrogen and oxygen atoms in total. The summed E-state index contributed by atoms with van der Waals surface area (Å²) in [4.78, 5) is 78.0. The molecule has 0 atom stereocenters. The molecule has 4 saturated heterocycles. The Hall–Kier alpha value is -6.38. The second-order valence-electron chi connectivity index (χ2n) is 15.2. The average molecular weight is 933 g/mol. The number of halogens is 1. The highest BCUT2D eigenvalue weighted by molar-refractivity contribution is 5.93. The number of anilines is 2. The quantitative estimate of drug-likeness (QED) is 0.213. The Bertz CT molecular complexity index is 2210. The summed E-state index contributed by atoms with van der Waals surface area (Å²) in [5.41, 5.74) is 3.52. The van der Waals surface area contributed by atoms with Gasteiger partial charge in [-0.1, -0.05) is 12.1 Å². The van der Waals surface area contributed by atoms with Crippen LogP contribution in [0.4, 0.5) is 21.0 Å². The van der Waals surface area contributed by atoms with Crippen molar-refractivity contribution in [1.29, 1.82) is 0 Å². The van der Waals surface area contributed by atoms with Crippen LogP contribution in [0.25, 0.3) is 0 Å². The fraction of sp³-hybridized carbons (Fsp3) is 0.413. The fourth-order valence-corrected chi connectivity index (χ4v) is 7.03. The first kappa shape index (κ1) is 50.6. The van der Waals surface area contributed by atoms with Crippen LogP contribution in [0.15, 0.2) is 85.2 Å². The third-order valence-electron chi connectivity index (χ3n) is 11.0. The molecule has 0 aliphatic carbocycles. The van der Waals surface area contributed by atoms with Crippen molar-refractivity contribution in [3.8, 4) is 11.5 Å². The van der Waals surface area contributed by atoms with Crippen molar-refractivity contribution < 1.29 is 52.4 Å². The SMILES string of the molecule is COC(=O)c1ccc(CN(C(=O)N2CCN(C3COC3)CC2)c2cccc(OC)c2)nc1.COC(=O)c1ccc(CN(C(=O)N2CCNCC2)c2cccc(OC)c2)nc1.Cl.O=C1COC1. The van der Waals surface area contributed by atoms with Gasteiger partial charge in [0, 0.05) is 88.3 Å². The van der Waals surface area contributed by atoms with Gasteiger partial charge in [-0.05, 0) is 48.5 Å². The van der Waals surface area contributed by atoms with Crippen molar-refractivity contribution in [2.75, 3.05) is 117 Å². The number of nitrogens with one attached hydrogen (secondary N) is 1. The number of Topliss-reactive ketones (excluding diaryl/α,β-unsaturated/α-hetero) is 1. The van der Waals surface area contributed by atoms with Gasteiger partial charge in [-0.2, -0.15) is 0 Å². The Kier molecular flexibility index (Phi) is 19.4. The molecule has 4 amide bonds. The van der Waals surface area contributed by atoms with Gasteiger partial charge >= 0.3 is 24.0 Å². The van der Waals surface area contributed by atoms with Crippen molar-refractivity contribution in [2.45, 2.75) is 19.1 Å². The van der Waals surface area contributed by atoms with Crippen LogP contribution in [-0.2, 0) is 36.8 Å². The Morgan fingerprint density at radius 3 is 1.45 bits per heavy atom. The van der Waals surface area contributed by atoms with Crippen molar-refractivity contribution in [3.05, 3.63) is 108 Å². The largest absolute Gasteiger partial charge is 0.497 e. The normalized spacial score (nSPS) is 15.7. The Morgan fingerprint density at radius 2 is 1.11 bits per heavy atom. The van der Waals surface area contributed by atoms with Gasteiger partial charge in [-0.15, -0.1) is 12.4 Å². The van der Waals surface area contributed by atoms with Crippen LogP contribution in [0.3, 0.4) is 0 Å². The molecule has 0 unspecified atom stereocenters. The number of methoxy groups -OCH3 is 4. The smallest absolute Gasteiger partial charge is 0.339 e. The zero-order valence-electron chi connectivity index (χ0n) is 37.6. The molecular weight excluding hydrogens is 876 g/mol. The predicted molar refractivity (Wildman–Crippen MR) is 246 cm³/mol. The van der Waals surface area contributed by atoms with E-state index >= 15 is 0 Å². The lowest BCUT2D eigenvalue weighted by Crippen LogP contribution is -2.59. The van der Waals surface area contributed by atoms with E-state index in [9.17, 15) is 24.0 Å². The average Bonchev–Trinajstić information content (AvgIpc) is 3.34. The topological polar surface area (TPSA) is 195 Å². The first-order valence-electron chi connectivity index (χ1n) is 21.2. The van der Waals surface area contributed by atoms with Gasteiger partial charge < -0.3 is 43.5 Å². The molecule has 6 heterocycles. The number of esters is 2. The fourth-order valence-electron chi connectivity index (χ4n) is 7.03. The third-order valence-corrected chi connectivity index (χ3v) is 11.0. The molecule has 0 spiro atoms. The first-order chi connectivity index (χ1) is 31.6. The molecule has 4 aliphatic heterocycles. The molecule has 8 rings (SSSR count). The molecule has 0 bridgehead atoms. The predicted octanol–water partition coefficient (Wildman–Crippen LogP) is 3.94. The summed E-state index contributed by atoms with van der Waals surface area (Å²) in [5, 5.41) is 3.25. The van der Waals surface area contributed by atoms with E-state index in [2.05, 4.69) is 24.9 Å². The number of ketones is 1. The number of carbonyl (C=O) groups excluding carboxylic acids is 5. The Balaban J connectivity index is 0.000000222. The molecule has 354 valence electrons. The van der Waals surface area contributed by atoms with E-state index in [-0.39, 0.29) is 43.3 Å². The number of aromatic nitrogens is 2. The maximum Gasteiger partial charge on any atom is 0.339 e. The second kappa shape index (κ2) is 25.4. The minimum atomic E-state index is -0.445. The number of rotatable bonds is 11. The molecule has 20 heteroatoms. The van der Waals surface area contributed by atoms with Crippen LogP contribution in [0, 0.1) is 0 Å². The third kappa shape index (κ3) is 13.8. The molecule has 2 aromatic carbocycles. The monoisotopic (exact) mass is 932 g/mol. The summed E-state index contributed by atoms with van der Waals surface area (Å²) in [6, 6.07) is 21.9. The molecule has 0 radical (unpaired) electrons. The lowest BCUT2D eigenvalue weighted by atomic mass is 10.2. The lowest BCUT2D eigenvalue weighted by Gasteiger charge is -2.43. The van der Waals surface area contributed by atoms with Crippen LogP contribution < -0.4 is 24.6 Å². The number of carbonyl (C=O) groups is 5. The van der Waals surface area contributed by atoms with Crippen LogP contribution in [0.5, 0.6) is 11.5 Å². The minimum Gasteiger partial charge on any atom is -0.497 e. The molecule has 4 fully saturated rings. The number of ether oxygens (including phenoxy) is 6. The van der Waals surface area contributed by atoms with Gasteiger partial charge in [0.25, 0.3) is 0 Å². The lowest BCUT2D eigenvalue weighted by molar-refractivity contribution is -0.140. The van der Waals surface area contributed by atoms with E-state index in [1.54, 1.807) is 48.3 Å². The van der Waals surface area contributed by atoms with Crippen molar-refractivity contribution >= 4 is 53.6 Å². The summed E-state index contributed by atoms with van der Waals surface area (Å²) >= 11 is 0. The van der Waals surface area contributed by atoms with Gasteiger partial charge in [-0.25, -0.2) is 19.2 Å². The van der Waals surface area contributed by atoms with E-state index in [0.29, 0.717) is 79.4 Å². The van der Waals surface area contributed by atoms with Crippen molar-refractivity contribution in [3.63, 3.8) is 0 Å². The highest BCUT2D eigenvalue weighted by atomic mass is 35.5. The van der Waals surface area contributed by atoms with Crippen LogP contribution in [0.1, 0.15) is 32.1 Å². The molecule has 4 aromatic rings. The van der Waals surface area contributed by atoms with Crippen molar-refractivity contribution in [2.24, 2.45) is 0 Å². The number of pyridine rings is 2. The summed E-state index contributed by atoms with van der Waals surface area (Å²) in [7, 11) is 5.85.